The van der Waals surface area contributed by atoms with E-state index in [-0.39, 0.29) is 0 Å². The molecule has 0 N–H and O–H groups in total. The van der Waals surface area contributed by atoms with Crippen molar-refractivity contribution >= 4 is 6.21 Å². The molecule has 1 heteroatoms. The van der Waals surface area contributed by atoms with Crippen molar-refractivity contribution in [2.24, 2.45) is 16.3 Å². The quantitative estimate of drug-likeness (QED) is 0.518. The Morgan fingerprint density at radius 1 is 1.50 bits per heavy atom. The summed E-state index contributed by atoms with van der Waals surface area (Å²) in [5.74, 6) is 0.694. The van der Waals surface area contributed by atoms with Crippen LogP contribution in [0.1, 0.15) is 20.3 Å². The third-order valence-corrected chi connectivity index (χ3v) is 2.93. The Morgan fingerprint density at radius 2 is 2.33 bits per heavy atom. The molecule has 2 rings (SSSR count). The molecule has 0 fully saturated rings. The first-order valence-electron chi connectivity index (χ1n) is 4.57. The van der Waals surface area contributed by atoms with Gasteiger partial charge in [-0.1, -0.05) is 32.1 Å². The molecule has 1 aliphatic carbocycles. The fraction of sp³-hybridized carbons (Fsp3) is 0.545. The van der Waals surface area contributed by atoms with Crippen LogP contribution in [0.25, 0.3) is 0 Å². The topological polar surface area (TPSA) is 12.4 Å². The Balaban J connectivity index is 2.34. The van der Waals surface area contributed by atoms with Crippen molar-refractivity contribution in [3.05, 3.63) is 23.8 Å². The Bertz CT molecular complexity index is 269. The summed E-state index contributed by atoms with van der Waals surface area (Å²) in [6.45, 7) is 5.53. The molecule has 0 amide bonds. The van der Waals surface area contributed by atoms with Gasteiger partial charge in [0.2, 0.25) is 0 Å². The lowest BCUT2D eigenvalue weighted by molar-refractivity contribution is 0.325. The largest absolute Gasteiger partial charge is 0.293 e. The highest BCUT2D eigenvalue weighted by Crippen LogP contribution is 2.40. The van der Waals surface area contributed by atoms with E-state index in [0.717, 1.165) is 13.0 Å². The van der Waals surface area contributed by atoms with Gasteiger partial charge >= 0.3 is 0 Å². The van der Waals surface area contributed by atoms with Crippen LogP contribution in [-0.2, 0) is 0 Å². The van der Waals surface area contributed by atoms with Crippen molar-refractivity contribution in [1.29, 1.82) is 0 Å². The highest BCUT2D eigenvalue weighted by Gasteiger charge is 2.31. The summed E-state index contributed by atoms with van der Waals surface area (Å²) in [5.41, 5.74) is 1.83. The number of allylic oxidation sites excluding steroid dienone is 3. The van der Waals surface area contributed by atoms with Crippen molar-refractivity contribution in [2.45, 2.75) is 20.3 Å². The van der Waals surface area contributed by atoms with Gasteiger partial charge in [0.05, 0.1) is 6.54 Å². The van der Waals surface area contributed by atoms with Gasteiger partial charge in [-0.2, -0.15) is 0 Å². The normalized spacial score (nSPS) is 31.2. The molecule has 1 unspecified atom stereocenters. The molecule has 0 bridgehead atoms. The van der Waals surface area contributed by atoms with Crippen LogP contribution < -0.4 is 0 Å². The smallest absolute Gasteiger partial charge is 0.0601 e. The molecular weight excluding hydrogens is 146 g/mol. The Morgan fingerprint density at radius 3 is 3.08 bits per heavy atom. The lowest BCUT2D eigenvalue weighted by atomic mass is 9.70. The zero-order chi connectivity index (χ0) is 8.60. The minimum atomic E-state index is 0.330. The summed E-state index contributed by atoms with van der Waals surface area (Å²) >= 11 is 0. The van der Waals surface area contributed by atoms with Crippen LogP contribution in [0.3, 0.4) is 0 Å². The summed E-state index contributed by atoms with van der Waals surface area (Å²) in [5, 5.41) is 0. The van der Waals surface area contributed by atoms with E-state index >= 15 is 0 Å². The second-order valence-electron chi connectivity index (χ2n) is 4.23. The number of hydrogen-bond acceptors (Lipinski definition) is 1. The molecule has 1 heterocycles. The summed E-state index contributed by atoms with van der Waals surface area (Å²) in [7, 11) is 0. The number of fused-ring (bicyclic) bond motifs is 1. The van der Waals surface area contributed by atoms with Gasteiger partial charge in [0.25, 0.3) is 0 Å². The van der Waals surface area contributed by atoms with E-state index in [2.05, 4.69) is 43.3 Å². The van der Waals surface area contributed by atoms with Crippen molar-refractivity contribution < 1.29 is 0 Å². The van der Waals surface area contributed by atoms with Crippen LogP contribution in [-0.4, -0.2) is 12.8 Å². The molecule has 1 atom stereocenters. The minimum absolute atomic E-state index is 0.330. The summed E-state index contributed by atoms with van der Waals surface area (Å²) in [6.07, 6.45) is 9.89. The van der Waals surface area contributed by atoms with Crippen LogP contribution in [0, 0.1) is 11.3 Å². The Labute approximate surface area is 73.9 Å². The van der Waals surface area contributed by atoms with E-state index in [1.54, 1.807) is 0 Å². The molecule has 0 aromatic heterocycles. The molecule has 0 radical (unpaired) electrons. The maximum Gasteiger partial charge on any atom is 0.0601 e. The predicted octanol–water partition coefficient (Wildman–Crippen LogP) is 2.60. The van der Waals surface area contributed by atoms with Crippen molar-refractivity contribution in [3.8, 4) is 0 Å². The molecule has 64 valence electrons. The lowest BCUT2D eigenvalue weighted by Gasteiger charge is -2.36. The lowest BCUT2D eigenvalue weighted by Crippen LogP contribution is -2.29. The fourth-order valence-electron chi connectivity index (χ4n) is 2.10. The molecule has 0 saturated carbocycles. The first-order chi connectivity index (χ1) is 5.70. The van der Waals surface area contributed by atoms with Crippen molar-refractivity contribution in [1.82, 2.24) is 0 Å². The minimum Gasteiger partial charge on any atom is -0.293 e. The Hall–Kier alpha value is -0.850. The molecule has 0 aromatic carbocycles. The molecule has 1 aliphatic heterocycles. The van der Waals surface area contributed by atoms with Gasteiger partial charge in [0.1, 0.15) is 0 Å². The Kier molecular flexibility index (Phi) is 1.67. The van der Waals surface area contributed by atoms with E-state index in [1.165, 1.54) is 5.57 Å². The fourth-order valence-corrected chi connectivity index (χ4v) is 2.10. The third kappa shape index (κ3) is 1.13. The second-order valence-corrected chi connectivity index (χ2v) is 4.23. The van der Waals surface area contributed by atoms with E-state index < -0.39 is 0 Å². The predicted molar refractivity (Wildman–Crippen MR) is 52.5 cm³/mol. The number of aliphatic imine (C=N–C) groups is 1. The van der Waals surface area contributed by atoms with Crippen LogP contribution >= 0.6 is 0 Å². The first kappa shape index (κ1) is 7.78. The first-order valence-corrected chi connectivity index (χ1v) is 4.57. The molecule has 0 spiro atoms. The number of hydrogen-bond donors (Lipinski definition) is 0. The van der Waals surface area contributed by atoms with Gasteiger partial charge in [-0.25, -0.2) is 0 Å². The molecule has 12 heavy (non-hydrogen) atoms. The number of nitrogens with zero attached hydrogens (tertiary/aromatic N) is 1. The van der Waals surface area contributed by atoms with Gasteiger partial charge in [0, 0.05) is 0 Å². The highest BCUT2D eigenvalue weighted by atomic mass is 14.7. The summed E-state index contributed by atoms with van der Waals surface area (Å²) < 4.78 is 0. The van der Waals surface area contributed by atoms with Gasteiger partial charge in [-0.15, -0.1) is 0 Å². The molecular formula is C11H15N. The SMILES string of the molecule is CC1(C)C=CC=C2CN=CCC21. The average molecular weight is 161 g/mol. The number of rotatable bonds is 0. The summed E-state index contributed by atoms with van der Waals surface area (Å²) in [4.78, 5) is 4.30. The van der Waals surface area contributed by atoms with Gasteiger partial charge in [-0.3, -0.25) is 4.99 Å². The van der Waals surface area contributed by atoms with Gasteiger partial charge in [-0.05, 0) is 29.5 Å². The standard InChI is InChI=1S/C11H15N/c1-11(2)6-3-4-9-8-12-7-5-10(9)11/h3-4,6-7,10H,5,8H2,1-2H3. The average Bonchev–Trinajstić information content (AvgIpc) is 2.04. The van der Waals surface area contributed by atoms with Crippen molar-refractivity contribution in [3.63, 3.8) is 0 Å². The van der Waals surface area contributed by atoms with Gasteiger partial charge < -0.3 is 0 Å². The zero-order valence-electron chi connectivity index (χ0n) is 7.75. The van der Waals surface area contributed by atoms with Crippen LogP contribution in [0.2, 0.25) is 0 Å². The van der Waals surface area contributed by atoms with E-state index in [1.807, 2.05) is 0 Å². The monoisotopic (exact) mass is 161 g/mol. The van der Waals surface area contributed by atoms with Crippen LogP contribution in [0.15, 0.2) is 28.8 Å². The maximum absolute atomic E-state index is 4.30. The third-order valence-electron chi connectivity index (χ3n) is 2.93. The van der Waals surface area contributed by atoms with Crippen LogP contribution in [0.5, 0.6) is 0 Å². The highest BCUT2D eigenvalue weighted by molar-refractivity contribution is 5.61. The van der Waals surface area contributed by atoms with Crippen LogP contribution in [0.4, 0.5) is 0 Å². The molecule has 1 nitrogen and oxygen atoms in total. The van der Waals surface area contributed by atoms with E-state index in [4.69, 9.17) is 0 Å². The molecule has 2 aliphatic rings. The molecule has 0 saturated heterocycles. The van der Waals surface area contributed by atoms with E-state index in [0.29, 0.717) is 11.3 Å². The zero-order valence-corrected chi connectivity index (χ0v) is 7.75. The maximum atomic E-state index is 4.30. The van der Waals surface area contributed by atoms with E-state index in [9.17, 15) is 0 Å². The van der Waals surface area contributed by atoms with Crippen molar-refractivity contribution in [2.75, 3.05) is 6.54 Å². The summed E-state index contributed by atoms with van der Waals surface area (Å²) in [6, 6.07) is 0. The van der Waals surface area contributed by atoms with Gasteiger partial charge in [0.15, 0.2) is 0 Å². The molecule has 0 aromatic rings. The second kappa shape index (κ2) is 2.58.